The Morgan fingerprint density at radius 3 is 2.94 bits per heavy atom. The zero-order chi connectivity index (χ0) is 12.4. The van der Waals surface area contributed by atoms with Crippen LogP contribution in [0.2, 0.25) is 0 Å². The molecule has 1 aromatic heterocycles. The van der Waals surface area contributed by atoms with Crippen molar-refractivity contribution >= 4 is 23.5 Å². The number of benzene rings is 1. The zero-order valence-electron chi connectivity index (χ0n) is 9.80. The molecule has 0 saturated carbocycles. The van der Waals surface area contributed by atoms with Crippen LogP contribution in [0.25, 0.3) is 0 Å². The van der Waals surface area contributed by atoms with E-state index < -0.39 is 0 Å². The number of carbonyl (C=O) groups is 1. The molecule has 1 aliphatic rings. The number of rotatable bonds is 2. The second-order valence-corrected chi connectivity index (χ2v) is 5.23. The van der Waals surface area contributed by atoms with Gasteiger partial charge in [0.2, 0.25) is 0 Å². The Balaban J connectivity index is 1.77. The normalized spacial score (nSPS) is 14.0. The summed E-state index contributed by atoms with van der Waals surface area (Å²) in [6.07, 6.45) is 1.13. The van der Waals surface area contributed by atoms with Gasteiger partial charge in [-0.25, -0.2) is 0 Å². The summed E-state index contributed by atoms with van der Waals surface area (Å²) < 4.78 is 1.95. The fourth-order valence-corrected chi connectivity index (χ4v) is 2.86. The summed E-state index contributed by atoms with van der Waals surface area (Å²) in [5.74, 6) is 1.64. The third kappa shape index (κ3) is 2.26. The molecule has 0 saturated heterocycles. The maximum absolute atomic E-state index is 12.0. The first-order valence-corrected chi connectivity index (χ1v) is 6.88. The lowest BCUT2D eigenvalue weighted by Gasteiger charge is -2.11. The van der Waals surface area contributed by atoms with Crippen molar-refractivity contribution in [1.29, 1.82) is 0 Å². The molecule has 0 unspecified atom stereocenters. The van der Waals surface area contributed by atoms with Gasteiger partial charge in [0.05, 0.1) is 5.03 Å². The molecular formula is C13H13N3OS. The number of fused-ring (bicyclic) bond motifs is 1. The minimum atomic E-state index is -0.115. The smallest absolute Gasteiger partial charge is 0.256 e. The van der Waals surface area contributed by atoms with Crippen molar-refractivity contribution in [2.24, 2.45) is 0 Å². The molecule has 1 aromatic carbocycles. The molecule has 0 fully saturated rings. The van der Waals surface area contributed by atoms with Gasteiger partial charge in [0.25, 0.3) is 5.91 Å². The highest BCUT2D eigenvalue weighted by molar-refractivity contribution is 7.99. The molecule has 3 rings (SSSR count). The number of nitrogens with zero attached hydrogens (tertiary/aromatic N) is 2. The standard InChI is InChI=1S/C13H13N3OS/c17-13(10-5-2-1-3-6-10)14-11-9-12-16(15-11)7-4-8-18-12/h1-3,5-6,9H,4,7-8H2,(H,14,15,17). The first-order chi connectivity index (χ1) is 8.83. The Kier molecular flexibility index (Phi) is 3.06. The van der Waals surface area contributed by atoms with Gasteiger partial charge in [-0.3, -0.25) is 9.48 Å². The van der Waals surface area contributed by atoms with Crippen LogP contribution in [-0.4, -0.2) is 21.4 Å². The van der Waals surface area contributed by atoms with Gasteiger partial charge in [-0.05, 0) is 18.6 Å². The van der Waals surface area contributed by atoms with Crippen molar-refractivity contribution in [3.8, 4) is 0 Å². The van der Waals surface area contributed by atoms with Crippen LogP contribution in [0.3, 0.4) is 0 Å². The summed E-state index contributed by atoms with van der Waals surface area (Å²) in [5, 5.41) is 8.34. The summed E-state index contributed by atoms with van der Waals surface area (Å²) in [6.45, 7) is 0.934. The van der Waals surface area contributed by atoms with Gasteiger partial charge in [0, 0.05) is 23.9 Å². The summed E-state index contributed by atoms with van der Waals surface area (Å²) in [4.78, 5) is 12.0. The van der Waals surface area contributed by atoms with Gasteiger partial charge in [-0.1, -0.05) is 18.2 Å². The molecule has 0 bridgehead atoms. The van der Waals surface area contributed by atoms with Gasteiger partial charge in [-0.2, -0.15) is 5.10 Å². The molecule has 2 aromatic rings. The summed E-state index contributed by atoms with van der Waals surface area (Å²) in [7, 11) is 0. The number of hydrogen-bond donors (Lipinski definition) is 1. The molecule has 1 amide bonds. The van der Waals surface area contributed by atoms with Gasteiger partial charge < -0.3 is 5.32 Å². The van der Waals surface area contributed by atoms with Crippen LogP contribution < -0.4 is 5.32 Å². The Hall–Kier alpha value is -1.75. The van der Waals surface area contributed by atoms with Crippen LogP contribution >= 0.6 is 11.8 Å². The Morgan fingerprint density at radius 2 is 2.17 bits per heavy atom. The van der Waals surface area contributed by atoms with Crippen LogP contribution in [0.5, 0.6) is 0 Å². The maximum Gasteiger partial charge on any atom is 0.256 e. The van der Waals surface area contributed by atoms with E-state index in [1.165, 1.54) is 0 Å². The molecule has 92 valence electrons. The summed E-state index contributed by atoms with van der Waals surface area (Å²) in [6, 6.07) is 11.1. The number of carbonyl (C=O) groups excluding carboxylic acids is 1. The van der Waals surface area contributed by atoms with E-state index >= 15 is 0 Å². The fourth-order valence-electron chi connectivity index (χ4n) is 1.91. The maximum atomic E-state index is 12.0. The highest BCUT2D eigenvalue weighted by Gasteiger charge is 2.14. The van der Waals surface area contributed by atoms with E-state index in [1.807, 2.05) is 28.9 Å². The molecule has 0 radical (unpaired) electrons. The molecular weight excluding hydrogens is 246 g/mol. The van der Waals surface area contributed by atoms with Crippen molar-refractivity contribution in [3.05, 3.63) is 42.0 Å². The second-order valence-electron chi connectivity index (χ2n) is 4.11. The summed E-state index contributed by atoms with van der Waals surface area (Å²) in [5.41, 5.74) is 0.649. The molecule has 2 heterocycles. The largest absolute Gasteiger partial charge is 0.305 e. The van der Waals surface area contributed by atoms with Crippen LogP contribution in [0.4, 0.5) is 5.82 Å². The highest BCUT2D eigenvalue weighted by atomic mass is 32.2. The van der Waals surface area contributed by atoms with Crippen LogP contribution in [-0.2, 0) is 6.54 Å². The van der Waals surface area contributed by atoms with E-state index in [4.69, 9.17) is 0 Å². The third-order valence-corrected chi connectivity index (χ3v) is 3.90. The SMILES string of the molecule is O=C(Nc1cc2n(n1)CCCS2)c1ccccc1. The monoisotopic (exact) mass is 259 g/mol. The van der Waals surface area contributed by atoms with Crippen molar-refractivity contribution in [2.45, 2.75) is 18.0 Å². The number of thioether (sulfide) groups is 1. The van der Waals surface area contributed by atoms with E-state index in [2.05, 4.69) is 10.4 Å². The van der Waals surface area contributed by atoms with E-state index in [1.54, 1.807) is 23.9 Å². The predicted octanol–water partition coefficient (Wildman–Crippen LogP) is 2.63. The highest BCUT2D eigenvalue weighted by Crippen LogP contribution is 2.26. The number of amides is 1. The van der Waals surface area contributed by atoms with E-state index in [0.717, 1.165) is 23.7 Å². The van der Waals surface area contributed by atoms with E-state index in [9.17, 15) is 4.79 Å². The average molecular weight is 259 g/mol. The lowest BCUT2D eigenvalue weighted by molar-refractivity contribution is 0.102. The predicted molar refractivity (Wildman–Crippen MR) is 72.0 cm³/mol. The van der Waals surface area contributed by atoms with E-state index in [-0.39, 0.29) is 5.91 Å². The minimum Gasteiger partial charge on any atom is -0.305 e. The quantitative estimate of drug-likeness (QED) is 0.902. The van der Waals surface area contributed by atoms with Crippen molar-refractivity contribution < 1.29 is 4.79 Å². The molecule has 18 heavy (non-hydrogen) atoms. The van der Waals surface area contributed by atoms with E-state index in [0.29, 0.717) is 11.4 Å². The Labute approximate surface area is 109 Å². The first kappa shape index (κ1) is 11.3. The first-order valence-electron chi connectivity index (χ1n) is 5.90. The van der Waals surface area contributed by atoms with Crippen LogP contribution in [0.1, 0.15) is 16.8 Å². The van der Waals surface area contributed by atoms with Crippen molar-refractivity contribution in [1.82, 2.24) is 9.78 Å². The lowest BCUT2D eigenvalue weighted by atomic mass is 10.2. The number of aryl methyl sites for hydroxylation is 1. The molecule has 0 aliphatic carbocycles. The van der Waals surface area contributed by atoms with Crippen molar-refractivity contribution in [3.63, 3.8) is 0 Å². The second kappa shape index (κ2) is 4.86. The van der Waals surface area contributed by atoms with Crippen LogP contribution in [0, 0.1) is 0 Å². The minimum absolute atomic E-state index is 0.115. The molecule has 1 N–H and O–H groups in total. The molecule has 4 nitrogen and oxygen atoms in total. The lowest BCUT2D eigenvalue weighted by Crippen LogP contribution is -2.13. The molecule has 0 spiro atoms. The zero-order valence-corrected chi connectivity index (χ0v) is 10.6. The number of nitrogens with one attached hydrogen (secondary N) is 1. The van der Waals surface area contributed by atoms with Gasteiger partial charge in [-0.15, -0.1) is 11.8 Å². The fraction of sp³-hybridized carbons (Fsp3) is 0.231. The third-order valence-electron chi connectivity index (χ3n) is 2.78. The molecule has 0 atom stereocenters. The van der Waals surface area contributed by atoms with Gasteiger partial charge in [0.15, 0.2) is 5.82 Å². The van der Waals surface area contributed by atoms with Crippen molar-refractivity contribution in [2.75, 3.05) is 11.1 Å². The molecule has 1 aliphatic heterocycles. The Morgan fingerprint density at radius 1 is 1.33 bits per heavy atom. The number of hydrogen-bond acceptors (Lipinski definition) is 3. The molecule has 5 heteroatoms. The summed E-state index contributed by atoms with van der Waals surface area (Å²) >= 11 is 1.78. The van der Waals surface area contributed by atoms with Gasteiger partial charge >= 0.3 is 0 Å². The van der Waals surface area contributed by atoms with Crippen LogP contribution in [0.15, 0.2) is 41.4 Å². The van der Waals surface area contributed by atoms with Gasteiger partial charge in [0.1, 0.15) is 0 Å². The number of anilines is 1. The Bertz CT molecular complexity index is 541. The topological polar surface area (TPSA) is 46.9 Å². The number of aromatic nitrogens is 2. The average Bonchev–Trinajstić information content (AvgIpc) is 2.82.